The lowest BCUT2D eigenvalue weighted by molar-refractivity contribution is -0.134. The number of fused-ring (bicyclic) bond motifs is 1. The van der Waals surface area contributed by atoms with Crippen LogP contribution in [0.3, 0.4) is 0 Å². The molecule has 2 aromatic rings. The summed E-state index contributed by atoms with van der Waals surface area (Å²) in [6.07, 6.45) is 5.27. The third kappa shape index (κ3) is 5.99. The van der Waals surface area contributed by atoms with E-state index < -0.39 is 0 Å². The number of hydrogen-bond donors (Lipinski definition) is 0. The van der Waals surface area contributed by atoms with Gasteiger partial charge in [-0.25, -0.2) is 0 Å². The van der Waals surface area contributed by atoms with E-state index in [2.05, 4.69) is 29.8 Å². The minimum atomic E-state index is -0.251. The molecule has 1 amide bonds. The van der Waals surface area contributed by atoms with Gasteiger partial charge < -0.3 is 19.1 Å². The van der Waals surface area contributed by atoms with Gasteiger partial charge in [-0.1, -0.05) is 12.1 Å². The Bertz CT molecular complexity index is 897. The van der Waals surface area contributed by atoms with E-state index in [0.717, 1.165) is 62.6 Å². The van der Waals surface area contributed by atoms with Gasteiger partial charge in [-0.3, -0.25) is 14.7 Å². The van der Waals surface area contributed by atoms with Crippen molar-refractivity contribution < 1.29 is 19.0 Å². The summed E-state index contributed by atoms with van der Waals surface area (Å²) in [6, 6.07) is 9.78. The van der Waals surface area contributed by atoms with E-state index in [1.54, 1.807) is 12.4 Å². The third-order valence-corrected chi connectivity index (χ3v) is 5.89. The number of para-hydroxylation sites is 1. The molecule has 0 radical (unpaired) electrons. The first-order valence-corrected chi connectivity index (χ1v) is 11.4. The van der Waals surface area contributed by atoms with Gasteiger partial charge in [0.25, 0.3) is 5.91 Å². The van der Waals surface area contributed by atoms with Crippen molar-refractivity contribution in [2.24, 2.45) is 0 Å². The van der Waals surface area contributed by atoms with Crippen molar-refractivity contribution in [1.82, 2.24) is 14.8 Å². The smallest absolute Gasteiger partial charge is 0.260 e. The molecule has 0 atom stereocenters. The summed E-state index contributed by atoms with van der Waals surface area (Å²) in [5.41, 5.74) is 1.93. The molecule has 0 bridgehead atoms. The van der Waals surface area contributed by atoms with Crippen LogP contribution in [0.5, 0.6) is 11.5 Å². The van der Waals surface area contributed by atoms with Crippen LogP contribution in [0.2, 0.25) is 0 Å². The summed E-state index contributed by atoms with van der Waals surface area (Å²) in [5, 5.41) is 0. The first kappa shape index (κ1) is 22.6. The average Bonchev–Trinajstić information content (AvgIpc) is 3.12. The van der Waals surface area contributed by atoms with Crippen LogP contribution in [0, 0.1) is 0 Å². The number of ether oxygens (including phenoxy) is 3. The Hall–Kier alpha value is -2.64. The van der Waals surface area contributed by atoms with Crippen molar-refractivity contribution in [2.45, 2.75) is 38.8 Å². The predicted octanol–water partition coefficient (Wildman–Crippen LogP) is 2.93. The predicted molar refractivity (Wildman–Crippen MR) is 122 cm³/mol. The van der Waals surface area contributed by atoms with Crippen LogP contribution in [0.1, 0.15) is 31.4 Å². The highest BCUT2D eigenvalue weighted by Gasteiger charge is 2.32. The summed E-state index contributed by atoms with van der Waals surface area (Å²) in [6.45, 7) is 9.78. The number of morpholine rings is 1. The van der Waals surface area contributed by atoms with Gasteiger partial charge in [0.1, 0.15) is 5.60 Å². The SMILES string of the molecule is CC1(C)Cc2cccc(OCC(=O)N(CCCN3CCOCC3)Cc3ccncc3)c2O1. The summed E-state index contributed by atoms with van der Waals surface area (Å²) in [5.74, 6) is 1.37. The Morgan fingerprint density at radius 2 is 1.97 bits per heavy atom. The molecule has 1 aromatic heterocycles. The van der Waals surface area contributed by atoms with Crippen molar-refractivity contribution in [3.8, 4) is 11.5 Å². The van der Waals surface area contributed by atoms with Crippen molar-refractivity contribution in [3.63, 3.8) is 0 Å². The maximum Gasteiger partial charge on any atom is 0.260 e. The van der Waals surface area contributed by atoms with E-state index in [-0.39, 0.29) is 18.1 Å². The molecular weight excluding hydrogens is 406 g/mol. The number of benzene rings is 1. The van der Waals surface area contributed by atoms with Crippen LogP contribution in [0.15, 0.2) is 42.7 Å². The molecule has 0 unspecified atom stereocenters. The van der Waals surface area contributed by atoms with Crippen LogP contribution in [-0.4, -0.2) is 72.3 Å². The Labute approximate surface area is 190 Å². The summed E-state index contributed by atoms with van der Waals surface area (Å²) in [7, 11) is 0. The molecule has 1 saturated heterocycles. The van der Waals surface area contributed by atoms with E-state index in [0.29, 0.717) is 18.8 Å². The number of aromatic nitrogens is 1. The van der Waals surface area contributed by atoms with E-state index in [9.17, 15) is 4.79 Å². The lowest BCUT2D eigenvalue weighted by Gasteiger charge is -2.28. The van der Waals surface area contributed by atoms with Crippen molar-refractivity contribution in [1.29, 1.82) is 0 Å². The normalized spacial score (nSPS) is 17.4. The topological polar surface area (TPSA) is 64.1 Å². The zero-order valence-electron chi connectivity index (χ0n) is 19.1. The Morgan fingerprint density at radius 1 is 1.19 bits per heavy atom. The minimum Gasteiger partial charge on any atom is -0.483 e. The standard InChI is InChI=1S/C25H33N3O4/c1-25(2)17-21-5-3-6-22(24(21)32-25)31-19-23(29)28(18-20-7-9-26-10-8-20)12-4-11-27-13-15-30-16-14-27/h3,5-10H,4,11-19H2,1-2H3. The van der Waals surface area contributed by atoms with Crippen LogP contribution in [0.25, 0.3) is 0 Å². The quantitative estimate of drug-likeness (QED) is 0.599. The molecule has 32 heavy (non-hydrogen) atoms. The first-order chi connectivity index (χ1) is 15.5. The Morgan fingerprint density at radius 3 is 2.75 bits per heavy atom. The van der Waals surface area contributed by atoms with Gasteiger partial charge >= 0.3 is 0 Å². The van der Waals surface area contributed by atoms with Crippen molar-refractivity contribution in [2.75, 3.05) is 46.0 Å². The Balaban J connectivity index is 1.37. The lowest BCUT2D eigenvalue weighted by atomic mass is 10.0. The van der Waals surface area contributed by atoms with Gasteiger partial charge in [-0.15, -0.1) is 0 Å². The molecule has 0 spiro atoms. The van der Waals surface area contributed by atoms with E-state index in [4.69, 9.17) is 14.2 Å². The van der Waals surface area contributed by atoms with E-state index in [1.807, 2.05) is 29.2 Å². The lowest BCUT2D eigenvalue weighted by Crippen LogP contribution is -2.40. The molecule has 0 aliphatic carbocycles. The minimum absolute atomic E-state index is 0.0110. The van der Waals surface area contributed by atoms with E-state index in [1.165, 1.54) is 0 Å². The van der Waals surface area contributed by atoms with Crippen molar-refractivity contribution >= 4 is 5.91 Å². The van der Waals surface area contributed by atoms with Gasteiger partial charge in [0.05, 0.1) is 13.2 Å². The molecule has 2 aliphatic rings. The molecule has 0 N–H and O–H groups in total. The fourth-order valence-electron chi connectivity index (χ4n) is 4.24. The number of carbonyl (C=O) groups excluding carboxylic acids is 1. The zero-order valence-corrected chi connectivity index (χ0v) is 19.1. The van der Waals surface area contributed by atoms with Crippen LogP contribution in [-0.2, 0) is 22.5 Å². The second-order valence-electron chi connectivity index (χ2n) is 9.05. The monoisotopic (exact) mass is 439 g/mol. The molecule has 7 nitrogen and oxygen atoms in total. The van der Waals surface area contributed by atoms with E-state index >= 15 is 0 Å². The summed E-state index contributed by atoms with van der Waals surface area (Å²) >= 11 is 0. The second kappa shape index (κ2) is 10.3. The number of hydrogen-bond acceptors (Lipinski definition) is 6. The van der Waals surface area contributed by atoms with Gasteiger partial charge in [0.15, 0.2) is 18.1 Å². The van der Waals surface area contributed by atoms with Gasteiger partial charge in [-0.2, -0.15) is 0 Å². The molecule has 1 aromatic carbocycles. The van der Waals surface area contributed by atoms with Crippen LogP contribution < -0.4 is 9.47 Å². The molecule has 7 heteroatoms. The van der Waals surface area contributed by atoms with Gasteiger partial charge in [0, 0.05) is 57.1 Å². The average molecular weight is 440 g/mol. The highest BCUT2D eigenvalue weighted by Crippen LogP contribution is 2.41. The molecule has 1 fully saturated rings. The maximum absolute atomic E-state index is 13.1. The third-order valence-electron chi connectivity index (χ3n) is 5.89. The fraction of sp³-hybridized carbons (Fsp3) is 0.520. The summed E-state index contributed by atoms with van der Waals surface area (Å²) in [4.78, 5) is 21.5. The first-order valence-electron chi connectivity index (χ1n) is 11.4. The zero-order chi connectivity index (χ0) is 22.4. The Kier molecular flexibility index (Phi) is 7.27. The molecule has 3 heterocycles. The second-order valence-corrected chi connectivity index (χ2v) is 9.05. The van der Waals surface area contributed by atoms with Gasteiger partial charge in [-0.05, 0) is 44.0 Å². The van der Waals surface area contributed by atoms with Crippen LogP contribution >= 0.6 is 0 Å². The number of nitrogens with zero attached hydrogens (tertiary/aromatic N) is 3. The maximum atomic E-state index is 13.1. The number of amides is 1. The highest BCUT2D eigenvalue weighted by atomic mass is 16.5. The number of rotatable bonds is 9. The molecular formula is C25H33N3O4. The highest BCUT2D eigenvalue weighted by molar-refractivity contribution is 5.78. The molecule has 2 aliphatic heterocycles. The largest absolute Gasteiger partial charge is 0.483 e. The fourth-order valence-corrected chi connectivity index (χ4v) is 4.24. The number of pyridine rings is 1. The molecule has 4 rings (SSSR count). The summed E-state index contributed by atoms with van der Waals surface area (Å²) < 4.78 is 17.5. The number of carbonyl (C=O) groups is 1. The van der Waals surface area contributed by atoms with Crippen LogP contribution in [0.4, 0.5) is 0 Å². The van der Waals surface area contributed by atoms with Gasteiger partial charge in [0.2, 0.25) is 0 Å². The molecule has 0 saturated carbocycles. The van der Waals surface area contributed by atoms with Crippen molar-refractivity contribution in [3.05, 3.63) is 53.9 Å². The molecule has 172 valence electrons.